The number of urea groups is 1. The Balaban J connectivity index is 2.45. The van der Waals surface area contributed by atoms with Gasteiger partial charge in [0.05, 0.1) is 13.0 Å². The Kier molecular flexibility index (Phi) is 6.19. The van der Waals surface area contributed by atoms with Crippen molar-refractivity contribution >= 4 is 17.9 Å². The molecule has 9 nitrogen and oxygen atoms in total. The Morgan fingerprint density at radius 2 is 1.80 bits per heavy atom. The zero-order valence-electron chi connectivity index (χ0n) is 11.1. The molecule has 0 aromatic carbocycles. The summed E-state index contributed by atoms with van der Waals surface area (Å²) in [5.41, 5.74) is 4.94. The van der Waals surface area contributed by atoms with Crippen molar-refractivity contribution in [2.24, 2.45) is 5.73 Å². The second-order valence-corrected chi connectivity index (χ2v) is 4.56. The molecule has 0 bridgehead atoms. The number of primary amides is 1. The Labute approximate surface area is 116 Å². The fourth-order valence-corrected chi connectivity index (χ4v) is 1.96. The van der Waals surface area contributed by atoms with Crippen molar-refractivity contribution in [3.8, 4) is 0 Å². The number of nitrogens with one attached hydrogen (secondary N) is 1. The number of aliphatic hydroxyl groups is 1. The van der Waals surface area contributed by atoms with Crippen LogP contribution < -0.4 is 11.1 Å². The smallest absolute Gasteiger partial charge is 0.326 e. The maximum Gasteiger partial charge on any atom is 0.326 e. The van der Waals surface area contributed by atoms with Crippen LogP contribution in [0.1, 0.15) is 6.42 Å². The molecular weight excluding hydrogens is 268 g/mol. The van der Waals surface area contributed by atoms with Crippen molar-refractivity contribution in [3.05, 3.63) is 0 Å². The van der Waals surface area contributed by atoms with E-state index in [0.717, 1.165) is 0 Å². The predicted molar refractivity (Wildman–Crippen MR) is 68.9 cm³/mol. The number of hydrogen-bond acceptors (Lipinski definition) is 5. The van der Waals surface area contributed by atoms with Crippen LogP contribution in [0.25, 0.3) is 0 Å². The highest BCUT2D eigenvalue weighted by Crippen LogP contribution is 2.03. The zero-order valence-corrected chi connectivity index (χ0v) is 11.1. The van der Waals surface area contributed by atoms with Gasteiger partial charge in [-0.3, -0.25) is 9.69 Å². The first-order valence-electron chi connectivity index (χ1n) is 6.33. The van der Waals surface area contributed by atoms with Crippen molar-refractivity contribution in [2.75, 3.05) is 39.3 Å². The van der Waals surface area contributed by atoms with Crippen molar-refractivity contribution < 1.29 is 24.6 Å². The first-order chi connectivity index (χ1) is 9.43. The number of nitrogens with two attached hydrogens (primary N) is 1. The predicted octanol–water partition coefficient (Wildman–Crippen LogP) is -2.37. The number of rotatable bonds is 6. The van der Waals surface area contributed by atoms with Crippen molar-refractivity contribution in [2.45, 2.75) is 12.5 Å². The number of piperazine rings is 1. The van der Waals surface area contributed by atoms with Crippen molar-refractivity contribution in [1.29, 1.82) is 0 Å². The number of aliphatic hydroxyl groups excluding tert-OH is 1. The minimum Gasteiger partial charge on any atom is -0.480 e. The number of carboxylic acids is 1. The van der Waals surface area contributed by atoms with Gasteiger partial charge in [-0.1, -0.05) is 0 Å². The molecule has 9 heteroatoms. The molecule has 1 fully saturated rings. The molecule has 0 radical (unpaired) electrons. The summed E-state index contributed by atoms with van der Waals surface area (Å²) in [5, 5.41) is 20.0. The Morgan fingerprint density at radius 1 is 1.20 bits per heavy atom. The standard InChI is InChI=1S/C11H20N4O5/c12-9(17)7-8(10(18)19)13-11(20)15-3-1-14(2-4-15)5-6-16/h8,16H,1-7H2,(H2,12,17)(H,13,20)(H,18,19)/t8-/m0/s1. The maximum absolute atomic E-state index is 11.9. The summed E-state index contributed by atoms with van der Waals surface area (Å²) in [6.07, 6.45) is -0.439. The molecule has 0 aromatic heterocycles. The Morgan fingerprint density at radius 3 is 2.25 bits per heavy atom. The first kappa shape index (κ1) is 16.2. The van der Waals surface area contributed by atoms with Gasteiger partial charge in [0.25, 0.3) is 0 Å². The number of carbonyl (C=O) groups is 3. The minimum atomic E-state index is -1.31. The molecule has 5 N–H and O–H groups in total. The third-order valence-corrected chi connectivity index (χ3v) is 3.08. The van der Waals surface area contributed by atoms with Gasteiger partial charge in [0.15, 0.2) is 0 Å². The molecule has 0 aromatic rings. The van der Waals surface area contributed by atoms with E-state index in [2.05, 4.69) is 5.32 Å². The molecule has 114 valence electrons. The van der Waals surface area contributed by atoms with E-state index in [1.54, 1.807) is 0 Å². The van der Waals surface area contributed by atoms with Crippen molar-refractivity contribution in [1.82, 2.24) is 15.1 Å². The maximum atomic E-state index is 11.9. The SMILES string of the molecule is NC(=O)C[C@H](NC(=O)N1CCN(CCO)CC1)C(=O)O. The summed E-state index contributed by atoms with van der Waals surface area (Å²) in [5.74, 6) is -2.08. The number of hydrogen-bond donors (Lipinski definition) is 4. The van der Waals surface area contributed by atoms with Gasteiger partial charge < -0.3 is 26.2 Å². The number of amides is 3. The van der Waals surface area contributed by atoms with Gasteiger partial charge in [-0.05, 0) is 0 Å². The van der Waals surface area contributed by atoms with Gasteiger partial charge in [-0.15, -0.1) is 0 Å². The van der Waals surface area contributed by atoms with Gasteiger partial charge in [0, 0.05) is 32.7 Å². The van der Waals surface area contributed by atoms with E-state index in [4.69, 9.17) is 15.9 Å². The largest absolute Gasteiger partial charge is 0.480 e. The van der Waals surface area contributed by atoms with Crippen LogP contribution in [0.2, 0.25) is 0 Å². The molecule has 1 heterocycles. The lowest BCUT2D eigenvalue weighted by Crippen LogP contribution is -2.55. The average molecular weight is 288 g/mol. The molecule has 0 aliphatic carbocycles. The molecular formula is C11H20N4O5. The normalized spacial score (nSPS) is 17.6. The van der Waals surface area contributed by atoms with Crippen molar-refractivity contribution in [3.63, 3.8) is 0 Å². The van der Waals surface area contributed by atoms with Crippen LogP contribution in [0.5, 0.6) is 0 Å². The lowest BCUT2D eigenvalue weighted by atomic mass is 10.2. The average Bonchev–Trinajstić information content (AvgIpc) is 2.38. The second-order valence-electron chi connectivity index (χ2n) is 4.56. The van der Waals surface area contributed by atoms with E-state index in [-0.39, 0.29) is 6.61 Å². The van der Waals surface area contributed by atoms with Crippen LogP contribution in [-0.2, 0) is 9.59 Å². The fraction of sp³-hybridized carbons (Fsp3) is 0.727. The summed E-state index contributed by atoms with van der Waals surface area (Å²) >= 11 is 0. The Bertz CT molecular complexity index is 368. The van der Waals surface area contributed by atoms with Crippen LogP contribution in [0.15, 0.2) is 0 Å². The van der Waals surface area contributed by atoms with Crippen LogP contribution >= 0.6 is 0 Å². The summed E-state index contributed by atoms with van der Waals surface area (Å²) in [6.45, 7) is 2.72. The molecule has 1 atom stereocenters. The Hall–Kier alpha value is -1.87. The van der Waals surface area contributed by atoms with E-state index in [9.17, 15) is 14.4 Å². The molecule has 1 saturated heterocycles. The van der Waals surface area contributed by atoms with E-state index in [0.29, 0.717) is 32.7 Å². The first-order valence-corrected chi connectivity index (χ1v) is 6.33. The third-order valence-electron chi connectivity index (χ3n) is 3.08. The lowest BCUT2D eigenvalue weighted by Gasteiger charge is -2.34. The highest BCUT2D eigenvalue weighted by molar-refractivity contribution is 5.87. The third kappa shape index (κ3) is 5.02. The minimum absolute atomic E-state index is 0.0614. The quantitative estimate of drug-likeness (QED) is 0.431. The summed E-state index contributed by atoms with van der Waals surface area (Å²) in [4.78, 5) is 37.0. The van der Waals surface area contributed by atoms with E-state index in [1.807, 2.05) is 4.90 Å². The fourth-order valence-electron chi connectivity index (χ4n) is 1.96. The van der Waals surface area contributed by atoms with Crippen LogP contribution in [0.4, 0.5) is 4.79 Å². The zero-order chi connectivity index (χ0) is 15.1. The van der Waals surface area contributed by atoms with E-state index in [1.165, 1.54) is 4.90 Å². The van der Waals surface area contributed by atoms with Crippen LogP contribution in [-0.4, -0.2) is 83.3 Å². The number of β-amino-alcohol motifs (C(OH)–C–C–N with tert-alkyl or cyclic N) is 1. The van der Waals surface area contributed by atoms with Gasteiger partial charge in [-0.25, -0.2) is 9.59 Å². The highest BCUT2D eigenvalue weighted by atomic mass is 16.4. The number of carbonyl (C=O) groups excluding carboxylic acids is 2. The molecule has 20 heavy (non-hydrogen) atoms. The van der Waals surface area contributed by atoms with Gasteiger partial charge in [0.2, 0.25) is 5.91 Å². The molecule has 3 amide bonds. The van der Waals surface area contributed by atoms with E-state index < -0.39 is 30.4 Å². The molecule has 0 unspecified atom stereocenters. The van der Waals surface area contributed by atoms with Gasteiger partial charge in [0.1, 0.15) is 6.04 Å². The summed E-state index contributed by atoms with van der Waals surface area (Å²) < 4.78 is 0. The number of carboxylic acid groups (broad SMARTS) is 1. The number of aliphatic carboxylic acids is 1. The summed E-state index contributed by atoms with van der Waals surface area (Å²) in [6, 6.07) is -1.84. The molecule has 0 spiro atoms. The number of nitrogens with zero attached hydrogens (tertiary/aromatic N) is 2. The topological polar surface area (TPSA) is 136 Å². The van der Waals surface area contributed by atoms with Crippen LogP contribution in [0, 0.1) is 0 Å². The molecule has 0 saturated carbocycles. The molecule has 1 aliphatic heterocycles. The summed E-state index contributed by atoms with van der Waals surface area (Å²) in [7, 11) is 0. The van der Waals surface area contributed by atoms with Gasteiger partial charge in [-0.2, -0.15) is 0 Å². The van der Waals surface area contributed by atoms with Gasteiger partial charge >= 0.3 is 12.0 Å². The van der Waals surface area contributed by atoms with E-state index >= 15 is 0 Å². The second kappa shape index (κ2) is 7.65. The monoisotopic (exact) mass is 288 g/mol. The molecule has 1 aliphatic rings. The lowest BCUT2D eigenvalue weighted by molar-refractivity contribution is -0.141. The van der Waals surface area contributed by atoms with Crippen LogP contribution in [0.3, 0.4) is 0 Å². The highest BCUT2D eigenvalue weighted by Gasteiger charge is 2.26. The molecule has 1 rings (SSSR count).